The van der Waals surface area contributed by atoms with Gasteiger partial charge < -0.3 is 24.3 Å². The summed E-state index contributed by atoms with van der Waals surface area (Å²) in [4.78, 5) is 0. The van der Waals surface area contributed by atoms with Crippen LogP contribution in [0.1, 0.15) is 60.3 Å². The first-order chi connectivity index (χ1) is 20.7. The molecule has 0 atom stereocenters. The van der Waals surface area contributed by atoms with Crippen LogP contribution in [0.15, 0.2) is 97.1 Å². The van der Waals surface area contributed by atoms with Crippen LogP contribution in [0.3, 0.4) is 0 Å². The first kappa shape index (κ1) is 31.0. The summed E-state index contributed by atoms with van der Waals surface area (Å²) in [6.07, 6.45) is 6.24. The lowest BCUT2D eigenvalue weighted by atomic mass is 9.73. The molecule has 4 aromatic rings. The highest BCUT2D eigenvalue weighted by molar-refractivity contribution is 5.52. The van der Waals surface area contributed by atoms with Crippen LogP contribution in [0, 0.1) is 5.92 Å². The molecule has 0 radical (unpaired) electrons. The van der Waals surface area contributed by atoms with Gasteiger partial charge in [-0.05, 0) is 66.3 Å². The Hall–Kier alpha value is -3.96. The minimum Gasteiger partial charge on any atom is -0.497 e. The average molecular weight is 568 g/mol. The van der Waals surface area contributed by atoms with Crippen LogP contribution >= 0.6 is 0 Å². The van der Waals surface area contributed by atoms with E-state index in [1.807, 2.05) is 36.4 Å². The third-order valence-electron chi connectivity index (χ3n) is 8.01. The molecule has 5 nitrogen and oxygen atoms in total. The van der Waals surface area contributed by atoms with Crippen molar-refractivity contribution in [2.45, 2.75) is 51.1 Å². The second-order valence-corrected chi connectivity index (χ2v) is 10.7. The zero-order chi connectivity index (χ0) is 29.6. The molecule has 0 aromatic heterocycles. The first-order valence-electron chi connectivity index (χ1n) is 14.9. The molecule has 1 aliphatic carbocycles. The fraction of sp³-hybridized carbons (Fsp3) is 0.351. The van der Waals surface area contributed by atoms with Crippen LogP contribution in [0.25, 0.3) is 0 Å². The van der Waals surface area contributed by atoms with Gasteiger partial charge in [0, 0.05) is 30.1 Å². The molecule has 4 aromatic carbocycles. The highest BCUT2D eigenvalue weighted by atomic mass is 16.5. The third kappa shape index (κ3) is 8.53. The van der Waals surface area contributed by atoms with E-state index in [0.29, 0.717) is 5.92 Å². The number of benzene rings is 4. The van der Waals surface area contributed by atoms with E-state index in [-0.39, 0.29) is 5.92 Å². The second-order valence-electron chi connectivity index (χ2n) is 10.7. The van der Waals surface area contributed by atoms with Crippen LogP contribution in [-0.4, -0.2) is 28.4 Å². The Morgan fingerprint density at radius 2 is 1.02 bits per heavy atom. The molecule has 1 fully saturated rings. The lowest BCUT2D eigenvalue weighted by molar-refractivity contribution is 0.311. The second kappa shape index (κ2) is 16.5. The van der Waals surface area contributed by atoms with Crippen molar-refractivity contribution in [3.8, 4) is 23.0 Å². The Bertz CT molecular complexity index is 1240. The number of ether oxygens (including phenoxy) is 4. The number of nitrogens with one attached hydrogen (secondary N) is 1. The minimum atomic E-state index is 0.167. The quantitative estimate of drug-likeness (QED) is 0.197. The van der Waals surface area contributed by atoms with Crippen molar-refractivity contribution >= 4 is 0 Å². The third-order valence-corrected chi connectivity index (χ3v) is 8.01. The molecule has 5 rings (SSSR count). The Morgan fingerprint density at radius 1 is 0.571 bits per heavy atom. The number of hydrogen-bond donors (Lipinski definition) is 1. The normalized spacial score (nSPS) is 13.2. The Balaban J connectivity index is 0.000000227. The van der Waals surface area contributed by atoms with E-state index in [2.05, 4.69) is 66.0 Å². The van der Waals surface area contributed by atoms with Gasteiger partial charge in [-0.3, -0.25) is 0 Å². The average Bonchev–Trinajstić information content (AvgIpc) is 3.06. The van der Waals surface area contributed by atoms with E-state index in [9.17, 15) is 0 Å². The minimum absolute atomic E-state index is 0.167. The predicted molar refractivity (Wildman–Crippen MR) is 171 cm³/mol. The molecule has 222 valence electrons. The van der Waals surface area contributed by atoms with Gasteiger partial charge in [0.15, 0.2) is 0 Å². The topological polar surface area (TPSA) is 49.0 Å². The van der Waals surface area contributed by atoms with Crippen molar-refractivity contribution < 1.29 is 18.9 Å². The molecular weight excluding hydrogens is 522 g/mol. The number of hydrogen-bond acceptors (Lipinski definition) is 5. The van der Waals surface area contributed by atoms with Crippen molar-refractivity contribution in [1.82, 2.24) is 5.32 Å². The summed E-state index contributed by atoms with van der Waals surface area (Å²) in [6.45, 7) is 1.85. The van der Waals surface area contributed by atoms with Gasteiger partial charge >= 0.3 is 0 Å². The molecule has 1 N–H and O–H groups in total. The molecule has 42 heavy (non-hydrogen) atoms. The maximum Gasteiger partial charge on any atom is 0.122 e. The van der Waals surface area contributed by atoms with E-state index in [1.54, 1.807) is 28.4 Å². The SMILES string of the molecule is COc1ccc(OC)c(C(c2cc(OC)ccc2OC)C2CCCCC2)c1.c1ccc(CNCc2ccccc2)cc1. The van der Waals surface area contributed by atoms with Crippen molar-refractivity contribution in [1.29, 1.82) is 0 Å². The van der Waals surface area contributed by atoms with E-state index in [1.165, 1.54) is 43.2 Å². The van der Waals surface area contributed by atoms with Crippen LogP contribution in [0.4, 0.5) is 0 Å². The summed E-state index contributed by atoms with van der Waals surface area (Å²) in [6, 6.07) is 33.0. The molecule has 0 heterocycles. The van der Waals surface area contributed by atoms with Gasteiger partial charge in [0.2, 0.25) is 0 Å². The fourth-order valence-electron chi connectivity index (χ4n) is 5.85. The van der Waals surface area contributed by atoms with Crippen molar-refractivity contribution in [3.05, 3.63) is 119 Å². The van der Waals surface area contributed by atoms with Gasteiger partial charge in [-0.25, -0.2) is 0 Å². The molecular formula is C37H45NO4. The van der Waals surface area contributed by atoms with Crippen LogP contribution in [-0.2, 0) is 13.1 Å². The standard InChI is InChI=1S/C23H30O4.C14H15N/c1-24-17-10-12-21(26-3)19(14-17)23(16-8-6-5-7-9-16)20-15-18(25-2)11-13-22(20)27-4;1-3-7-13(8-4-1)11-15-12-14-9-5-2-6-10-14/h10-16,23H,5-9H2,1-4H3;1-10,15H,11-12H2. The molecule has 0 bridgehead atoms. The maximum absolute atomic E-state index is 5.74. The lowest BCUT2D eigenvalue weighted by Crippen LogP contribution is -2.19. The van der Waals surface area contributed by atoms with E-state index < -0.39 is 0 Å². The highest BCUT2D eigenvalue weighted by Crippen LogP contribution is 2.47. The van der Waals surface area contributed by atoms with Crippen molar-refractivity contribution in [3.63, 3.8) is 0 Å². The summed E-state index contributed by atoms with van der Waals surface area (Å²) in [5.74, 6) is 4.15. The summed E-state index contributed by atoms with van der Waals surface area (Å²) in [5.41, 5.74) is 4.95. The molecule has 5 heteroatoms. The highest BCUT2D eigenvalue weighted by Gasteiger charge is 2.31. The molecule has 0 aliphatic heterocycles. The van der Waals surface area contributed by atoms with Crippen molar-refractivity contribution in [2.75, 3.05) is 28.4 Å². The lowest BCUT2D eigenvalue weighted by Gasteiger charge is -2.33. The molecule has 0 spiro atoms. The van der Waals surface area contributed by atoms with Gasteiger partial charge in [-0.15, -0.1) is 0 Å². The predicted octanol–water partition coefficient (Wildman–Crippen LogP) is 8.41. The van der Waals surface area contributed by atoms with Crippen LogP contribution in [0.2, 0.25) is 0 Å². The van der Waals surface area contributed by atoms with Crippen LogP contribution < -0.4 is 24.3 Å². The van der Waals surface area contributed by atoms with E-state index >= 15 is 0 Å². The van der Waals surface area contributed by atoms with E-state index in [0.717, 1.165) is 47.2 Å². The molecule has 0 unspecified atom stereocenters. The largest absolute Gasteiger partial charge is 0.497 e. The van der Waals surface area contributed by atoms with Gasteiger partial charge in [0.25, 0.3) is 0 Å². The van der Waals surface area contributed by atoms with E-state index in [4.69, 9.17) is 18.9 Å². The Morgan fingerprint density at radius 3 is 1.43 bits per heavy atom. The molecule has 0 saturated heterocycles. The fourth-order valence-corrected chi connectivity index (χ4v) is 5.85. The number of rotatable bonds is 11. The summed E-state index contributed by atoms with van der Waals surface area (Å²) < 4.78 is 22.5. The molecule has 1 saturated carbocycles. The van der Waals surface area contributed by atoms with Crippen LogP contribution in [0.5, 0.6) is 23.0 Å². The van der Waals surface area contributed by atoms with Gasteiger partial charge in [-0.1, -0.05) is 79.9 Å². The number of methoxy groups -OCH3 is 4. The van der Waals surface area contributed by atoms with Gasteiger partial charge in [0.05, 0.1) is 28.4 Å². The zero-order valence-electron chi connectivity index (χ0n) is 25.5. The first-order valence-corrected chi connectivity index (χ1v) is 14.9. The smallest absolute Gasteiger partial charge is 0.122 e. The Kier molecular flexibility index (Phi) is 12.2. The summed E-state index contributed by atoms with van der Waals surface area (Å²) >= 11 is 0. The van der Waals surface area contributed by atoms with Gasteiger partial charge in [0.1, 0.15) is 23.0 Å². The van der Waals surface area contributed by atoms with Gasteiger partial charge in [-0.2, -0.15) is 0 Å². The zero-order valence-corrected chi connectivity index (χ0v) is 25.5. The maximum atomic E-state index is 5.74. The summed E-state index contributed by atoms with van der Waals surface area (Å²) in [5, 5.41) is 3.42. The Labute approximate surface area is 251 Å². The molecule has 1 aliphatic rings. The molecule has 0 amide bonds. The monoisotopic (exact) mass is 567 g/mol. The summed E-state index contributed by atoms with van der Waals surface area (Å²) in [7, 11) is 6.86. The van der Waals surface area contributed by atoms with Crippen molar-refractivity contribution in [2.24, 2.45) is 5.92 Å².